The molecule has 4 aromatic rings. The van der Waals surface area contributed by atoms with Gasteiger partial charge in [0.25, 0.3) is 0 Å². The molecule has 2 N–H and O–H groups in total. The minimum Gasteiger partial charge on any atom is -0.340 e. The summed E-state index contributed by atoms with van der Waals surface area (Å²) in [6.45, 7) is 3.96. The van der Waals surface area contributed by atoms with E-state index >= 15 is 0 Å². The van der Waals surface area contributed by atoms with Crippen LogP contribution in [0.25, 0.3) is 0 Å². The summed E-state index contributed by atoms with van der Waals surface area (Å²) in [6.07, 6.45) is 2.05. The Labute approximate surface area is 193 Å². The molecule has 0 aliphatic rings. The van der Waals surface area contributed by atoms with Gasteiger partial charge in [0.15, 0.2) is 5.78 Å². The Morgan fingerprint density at radius 2 is 1.64 bits per heavy atom. The molecule has 0 fully saturated rings. The van der Waals surface area contributed by atoms with Crippen molar-refractivity contribution in [1.29, 1.82) is 5.26 Å². The highest BCUT2D eigenvalue weighted by molar-refractivity contribution is 5.98. The van der Waals surface area contributed by atoms with E-state index < -0.39 is 0 Å². The molecule has 33 heavy (non-hydrogen) atoms. The molecule has 0 unspecified atom stereocenters. The maximum Gasteiger partial charge on any atom is 0.229 e. The average molecular weight is 434 g/mol. The minimum absolute atomic E-state index is 0.0925. The van der Waals surface area contributed by atoms with Crippen molar-refractivity contribution in [3.8, 4) is 6.07 Å². The van der Waals surface area contributed by atoms with Crippen molar-refractivity contribution in [3.63, 3.8) is 0 Å². The van der Waals surface area contributed by atoms with Gasteiger partial charge in [0.1, 0.15) is 5.82 Å². The third-order valence-corrected chi connectivity index (χ3v) is 5.24. The Kier molecular flexibility index (Phi) is 6.42. The Hall–Kier alpha value is -4.50. The van der Waals surface area contributed by atoms with Crippen LogP contribution in [0.1, 0.15) is 32.6 Å². The molecule has 0 aliphatic heterocycles. The van der Waals surface area contributed by atoms with E-state index in [0.717, 1.165) is 28.1 Å². The lowest BCUT2D eigenvalue weighted by Crippen LogP contribution is -2.07. The zero-order valence-corrected chi connectivity index (χ0v) is 18.5. The van der Waals surface area contributed by atoms with Gasteiger partial charge < -0.3 is 10.6 Å². The highest BCUT2D eigenvalue weighted by Gasteiger charge is 2.12. The minimum atomic E-state index is 0.0925. The number of aryl methyl sites for hydroxylation is 2. The van der Waals surface area contributed by atoms with Crippen molar-refractivity contribution in [1.82, 2.24) is 9.97 Å². The van der Waals surface area contributed by atoms with E-state index in [2.05, 4.69) is 26.7 Å². The lowest BCUT2D eigenvalue weighted by molar-refractivity contribution is 0.0993. The van der Waals surface area contributed by atoms with Gasteiger partial charge in [-0.05, 0) is 73.0 Å². The number of carbonyl (C=O) groups is 1. The number of anilines is 4. The number of nitrogens with zero attached hydrogens (tertiary/aromatic N) is 3. The first kappa shape index (κ1) is 21.7. The molecule has 0 atom stereocenters. The van der Waals surface area contributed by atoms with Gasteiger partial charge in [-0.15, -0.1) is 0 Å². The van der Waals surface area contributed by atoms with E-state index in [1.807, 2.05) is 68.4 Å². The summed E-state index contributed by atoms with van der Waals surface area (Å²) in [4.78, 5) is 21.6. The van der Waals surface area contributed by atoms with Crippen molar-refractivity contribution in [3.05, 3.63) is 107 Å². The number of carbonyl (C=O) groups excluding carboxylic acids is 1. The van der Waals surface area contributed by atoms with Crippen molar-refractivity contribution in [2.75, 3.05) is 10.6 Å². The molecule has 0 saturated carbocycles. The molecule has 0 saturated heterocycles. The lowest BCUT2D eigenvalue weighted by atomic mass is 9.98. The number of aromatic nitrogens is 2. The van der Waals surface area contributed by atoms with E-state index in [1.54, 1.807) is 24.4 Å². The first-order valence-corrected chi connectivity index (χ1v) is 10.6. The van der Waals surface area contributed by atoms with Gasteiger partial charge in [-0.3, -0.25) is 4.79 Å². The second kappa shape index (κ2) is 9.75. The summed E-state index contributed by atoms with van der Waals surface area (Å²) in [5.41, 5.74) is 5.93. The number of hydrogen-bond acceptors (Lipinski definition) is 6. The summed E-state index contributed by atoms with van der Waals surface area (Å²) >= 11 is 0. The summed E-state index contributed by atoms with van der Waals surface area (Å²) in [6, 6.07) is 24.6. The normalized spacial score (nSPS) is 10.3. The van der Waals surface area contributed by atoms with E-state index in [-0.39, 0.29) is 5.78 Å². The molecule has 4 rings (SSSR count). The number of rotatable bonds is 7. The van der Waals surface area contributed by atoms with Gasteiger partial charge >= 0.3 is 0 Å². The third kappa shape index (κ3) is 5.41. The zero-order chi connectivity index (χ0) is 23.2. The van der Waals surface area contributed by atoms with Gasteiger partial charge in [0.2, 0.25) is 5.95 Å². The summed E-state index contributed by atoms with van der Waals surface area (Å²) in [7, 11) is 0. The highest BCUT2D eigenvalue weighted by atomic mass is 16.1. The van der Waals surface area contributed by atoms with Crippen LogP contribution in [0.3, 0.4) is 0 Å². The predicted octanol–water partition coefficient (Wildman–Crippen LogP) is 5.88. The number of Topliss-reactive ketones (excluding diaryl/α,β-unsaturated/α-hetero) is 1. The number of benzene rings is 3. The quantitative estimate of drug-likeness (QED) is 0.354. The van der Waals surface area contributed by atoms with Crippen LogP contribution in [0.5, 0.6) is 0 Å². The van der Waals surface area contributed by atoms with Crippen LogP contribution in [0.4, 0.5) is 23.1 Å². The van der Waals surface area contributed by atoms with Gasteiger partial charge in [0, 0.05) is 29.6 Å². The molecule has 6 heteroatoms. The van der Waals surface area contributed by atoms with Crippen LogP contribution < -0.4 is 10.6 Å². The SMILES string of the molecule is Cc1cc(C(=O)Cc2ccccc2)cc(C)c1Nc1ccnc(Nc2ccc(C#N)cc2)n1. The van der Waals surface area contributed by atoms with Crippen LogP contribution in [-0.2, 0) is 6.42 Å². The van der Waals surface area contributed by atoms with Gasteiger partial charge in [0.05, 0.1) is 11.6 Å². The Morgan fingerprint density at radius 3 is 2.30 bits per heavy atom. The van der Waals surface area contributed by atoms with Gasteiger partial charge in [-0.2, -0.15) is 10.2 Å². The zero-order valence-electron chi connectivity index (χ0n) is 18.5. The molecular weight excluding hydrogens is 410 g/mol. The molecule has 3 aromatic carbocycles. The molecule has 162 valence electrons. The van der Waals surface area contributed by atoms with Crippen LogP contribution >= 0.6 is 0 Å². The predicted molar refractivity (Wildman–Crippen MR) is 130 cm³/mol. The Bertz CT molecular complexity index is 1300. The number of nitrogens with one attached hydrogen (secondary N) is 2. The molecular formula is C27H23N5O. The molecule has 1 heterocycles. The molecule has 0 spiro atoms. The van der Waals surface area contributed by atoms with Crippen molar-refractivity contribution in [2.45, 2.75) is 20.3 Å². The second-order valence-electron chi connectivity index (χ2n) is 7.78. The first-order chi connectivity index (χ1) is 16.0. The fourth-order valence-corrected chi connectivity index (χ4v) is 3.58. The fraction of sp³-hybridized carbons (Fsp3) is 0.111. The van der Waals surface area contributed by atoms with Crippen molar-refractivity contribution in [2.24, 2.45) is 0 Å². The second-order valence-corrected chi connectivity index (χ2v) is 7.78. The lowest BCUT2D eigenvalue weighted by Gasteiger charge is -2.15. The molecule has 1 aromatic heterocycles. The topological polar surface area (TPSA) is 90.7 Å². The first-order valence-electron chi connectivity index (χ1n) is 10.6. The van der Waals surface area contributed by atoms with Crippen molar-refractivity contribution < 1.29 is 4.79 Å². The molecule has 0 amide bonds. The van der Waals surface area contributed by atoms with Crippen LogP contribution in [-0.4, -0.2) is 15.8 Å². The summed E-state index contributed by atoms with van der Waals surface area (Å²) in [5, 5.41) is 15.4. The fourth-order valence-electron chi connectivity index (χ4n) is 3.58. The van der Waals surface area contributed by atoms with Gasteiger partial charge in [-0.1, -0.05) is 30.3 Å². The summed E-state index contributed by atoms with van der Waals surface area (Å²) in [5.74, 6) is 1.17. The van der Waals surface area contributed by atoms with Crippen LogP contribution in [0.2, 0.25) is 0 Å². The van der Waals surface area contributed by atoms with Crippen molar-refractivity contribution >= 4 is 28.9 Å². The maximum absolute atomic E-state index is 12.8. The molecule has 0 bridgehead atoms. The average Bonchev–Trinajstić information content (AvgIpc) is 2.82. The van der Waals surface area contributed by atoms with E-state index in [9.17, 15) is 4.79 Å². The van der Waals surface area contributed by atoms with Crippen LogP contribution in [0, 0.1) is 25.2 Å². The Morgan fingerprint density at radius 1 is 0.939 bits per heavy atom. The smallest absolute Gasteiger partial charge is 0.229 e. The van der Waals surface area contributed by atoms with Gasteiger partial charge in [-0.25, -0.2) is 4.98 Å². The van der Waals surface area contributed by atoms with E-state index in [4.69, 9.17) is 5.26 Å². The monoisotopic (exact) mass is 433 g/mol. The standard InChI is InChI=1S/C27H23N5O/c1-18-14-22(24(33)16-20-6-4-3-5-7-20)15-19(2)26(18)31-25-12-13-29-27(32-25)30-23-10-8-21(17-28)9-11-23/h3-15H,16H2,1-2H3,(H2,29,30,31,32). The maximum atomic E-state index is 12.8. The number of ketones is 1. The summed E-state index contributed by atoms with van der Waals surface area (Å²) < 4.78 is 0. The molecule has 0 radical (unpaired) electrons. The number of nitriles is 1. The van der Waals surface area contributed by atoms with E-state index in [1.165, 1.54) is 0 Å². The largest absolute Gasteiger partial charge is 0.340 e. The van der Waals surface area contributed by atoms with E-state index in [0.29, 0.717) is 29.3 Å². The highest BCUT2D eigenvalue weighted by Crippen LogP contribution is 2.26. The van der Waals surface area contributed by atoms with Crippen LogP contribution in [0.15, 0.2) is 79.0 Å². The molecule has 6 nitrogen and oxygen atoms in total. The third-order valence-electron chi connectivity index (χ3n) is 5.24. The number of hydrogen-bond donors (Lipinski definition) is 2. The Balaban J connectivity index is 1.50. The molecule has 0 aliphatic carbocycles.